The number of fused-ring (bicyclic) bond motifs is 1. The highest BCUT2D eigenvalue weighted by atomic mass is 79.9. The Bertz CT molecular complexity index is 657. The summed E-state index contributed by atoms with van der Waals surface area (Å²) in [6.07, 6.45) is -0.449. The van der Waals surface area contributed by atoms with E-state index in [1.54, 1.807) is 6.92 Å². The van der Waals surface area contributed by atoms with Crippen LogP contribution in [0.25, 0.3) is 0 Å². The van der Waals surface area contributed by atoms with E-state index in [0.29, 0.717) is 0 Å². The smallest absolute Gasteiger partial charge is 0.0762 e. The third-order valence-electron chi connectivity index (χ3n) is 3.99. The van der Waals surface area contributed by atoms with Gasteiger partial charge in [0.25, 0.3) is 0 Å². The Kier molecular flexibility index (Phi) is 3.91. The molecule has 0 bridgehead atoms. The molecule has 1 atom stereocenters. The molecule has 2 aromatic rings. The normalized spacial score (nSPS) is 15.8. The zero-order chi connectivity index (χ0) is 15.0. The Morgan fingerprint density at radius 2 is 1.76 bits per heavy atom. The quantitative estimate of drug-likeness (QED) is 0.886. The molecule has 0 aliphatic carbocycles. The number of anilines is 3. The van der Waals surface area contributed by atoms with Crippen LogP contribution in [0.5, 0.6) is 0 Å². The number of para-hydroxylation sites is 2. The van der Waals surface area contributed by atoms with Gasteiger partial charge in [-0.1, -0.05) is 18.2 Å². The molecule has 0 saturated heterocycles. The third-order valence-corrected chi connectivity index (χ3v) is 4.62. The van der Waals surface area contributed by atoms with Crippen molar-refractivity contribution in [1.29, 1.82) is 0 Å². The molecule has 1 N–H and O–H groups in total. The van der Waals surface area contributed by atoms with Crippen LogP contribution in [0.1, 0.15) is 18.6 Å². The van der Waals surface area contributed by atoms with Crippen molar-refractivity contribution in [3.05, 3.63) is 52.5 Å². The van der Waals surface area contributed by atoms with E-state index in [2.05, 4.69) is 63.1 Å². The van der Waals surface area contributed by atoms with Crippen molar-refractivity contribution in [3.63, 3.8) is 0 Å². The van der Waals surface area contributed by atoms with E-state index >= 15 is 0 Å². The molecule has 1 aliphatic heterocycles. The maximum atomic E-state index is 9.70. The molecule has 110 valence electrons. The summed E-state index contributed by atoms with van der Waals surface area (Å²) < 4.78 is 1.01. The van der Waals surface area contributed by atoms with Gasteiger partial charge in [-0.15, -0.1) is 0 Å². The summed E-state index contributed by atoms with van der Waals surface area (Å²) in [7, 11) is 2.13. The van der Waals surface area contributed by atoms with E-state index in [9.17, 15) is 5.11 Å². The van der Waals surface area contributed by atoms with Crippen molar-refractivity contribution in [2.75, 3.05) is 29.9 Å². The summed E-state index contributed by atoms with van der Waals surface area (Å²) in [5.41, 5.74) is 4.53. The van der Waals surface area contributed by atoms with Gasteiger partial charge in [0.1, 0.15) is 0 Å². The summed E-state index contributed by atoms with van der Waals surface area (Å²) in [5.74, 6) is 0. The predicted molar refractivity (Wildman–Crippen MR) is 91.5 cm³/mol. The Labute approximate surface area is 133 Å². The number of likely N-dealkylation sites (N-methyl/N-ethyl adjacent to an activating group) is 1. The van der Waals surface area contributed by atoms with E-state index in [4.69, 9.17) is 0 Å². The molecule has 21 heavy (non-hydrogen) atoms. The first-order valence-electron chi connectivity index (χ1n) is 7.13. The molecule has 3 nitrogen and oxygen atoms in total. The fourth-order valence-corrected chi connectivity index (χ4v) is 3.37. The molecule has 0 spiro atoms. The average Bonchev–Trinajstić information content (AvgIpc) is 2.48. The van der Waals surface area contributed by atoms with Gasteiger partial charge < -0.3 is 14.9 Å². The molecule has 1 heterocycles. The molecule has 0 amide bonds. The zero-order valence-electron chi connectivity index (χ0n) is 12.3. The van der Waals surface area contributed by atoms with Crippen molar-refractivity contribution >= 4 is 33.0 Å². The van der Waals surface area contributed by atoms with E-state index < -0.39 is 6.10 Å². The molecule has 0 fully saturated rings. The van der Waals surface area contributed by atoms with Gasteiger partial charge in [0.2, 0.25) is 0 Å². The second kappa shape index (κ2) is 5.70. The second-order valence-corrected chi connectivity index (χ2v) is 6.30. The number of aliphatic hydroxyl groups is 1. The van der Waals surface area contributed by atoms with Crippen LogP contribution in [0.2, 0.25) is 0 Å². The molecule has 1 aliphatic rings. The first kappa shape index (κ1) is 14.4. The van der Waals surface area contributed by atoms with Crippen LogP contribution in [-0.2, 0) is 0 Å². The molecule has 3 rings (SSSR count). The van der Waals surface area contributed by atoms with Crippen molar-refractivity contribution in [3.8, 4) is 0 Å². The van der Waals surface area contributed by atoms with Gasteiger partial charge in [0.05, 0.1) is 23.2 Å². The van der Waals surface area contributed by atoms with Gasteiger partial charge in [-0.25, -0.2) is 0 Å². The van der Waals surface area contributed by atoms with Crippen LogP contribution in [-0.4, -0.2) is 25.2 Å². The molecule has 0 unspecified atom stereocenters. The van der Waals surface area contributed by atoms with E-state index in [0.717, 1.165) is 28.8 Å². The van der Waals surface area contributed by atoms with Crippen LogP contribution in [0.15, 0.2) is 46.9 Å². The maximum Gasteiger partial charge on any atom is 0.0762 e. The minimum absolute atomic E-state index is 0.449. The number of rotatable bonds is 2. The van der Waals surface area contributed by atoms with Crippen LogP contribution in [0, 0.1) is 0 Å². The number of benzene rings is 2. The van der Waals surface area contributed by atoms with Crippen LogP contribution in [0.3, 0.4) is 0 Å². The van der Waals surface area contributed by atoms with Crippen LogP contribution in [0.4, 0.5) is 17.1 Å². The fourth-order valence-electron chi connectivity index (χ4n) is 2.76. The first-order valence-corrected chi connectivity index (χ1v) is 7.92. The zero-order valence-corrected chi connectivity index (χ0v) is 13.8. The van der Waals surface area contributed by atoms with E-state index in [-0.39, 0.29) is 0 Å². The van der Waals surface area contributed by atoms with Gasteiger partial charge in [-0.3, -0.25) is 0 Å². The fraction of sp³-hybridized carbons (Fsp3) is 0.294. The maximum absolute atomic E-state index is 9.70. The standard InChI is InChI=1S/C17H19BrN2O/c1-12(21)13-7-8-15(14(18)11-13)20-10-9-19(2)16-5-3-4-6-17(16)20/h3-8,11-12,21H,9-10H2,1-2H3/t12-/m0/s1. The Balaban J connectivity index is 2.04. The van der Waals surface area contributed by atoms with Crippen LogP contribution < -0.4 is 9.80 Å². The summed E-state index contributed by atoms with van der Waals surface area (Å²) in [6.45, 7) is 3.72. The number of halogens is 1. The molecule has 0 saturated carbocycles. The lowest BCUT2D eigenvalue weighted by molar-refractivity contribution is 0.199. The lowest BCUT2D eigenvalue weighted by Crippen LogP contribution is -2.36. The number of aliphatic hydroxyl groups excluding tert-OH is 1. The molecule has 0 radical (unpaired) electrons. The van der Waals surface area contributed by atoms with Gasteiger partial charge in [-0.2, -0.15) is 0 Å². The third kappa shape index (κ3) is 2.65. The summed E-state index contributed by atoms with van der Waals surface area (Å²) in [4.78, 5) is 4.61. The predicted octanol–water partition coefficient (Wildman–Crippen LogP) is 4.09. The minimum atomic E-state index is -0.449. The molecular weight excluding hydrogens is 328 g/mol. The lowest BCUT2D eigenvalue weighted by Gasteiger charge is -2.37. The average molecular weight is 347 g/mol. The van der Waals surface area contributed by atoms with Gasteiger partial charge in [0, 0.05) is 24.6 Å². The largest absolute Gasteiger partial charge is 0.389 e. The van der Waals surface area contributed by atoms with Crippen molar-refractivity contribution in [2.24, 2.45) is 0 Å². The van der Waals surface area contributed by atoms with Crippen molar-refractivity contribution < 1.29 is 5.11 Å². The molecule has 0 aromatic heterocycles. The van der Waals surface area contributed by atoms with Crippen molar-refractivity contribution in [2.45, 2.75) is 13.0 Å². The SMILES string of the molecule is C[C@H](O)c1ccc(N2CCN(C)c3ccccc32)c(Br)c1. The summed E-state index contributed by atoms with van der Waals surface area (Å²) in [6, 6.07) is 14.5. The Morgan fingerprint density at radius 1 is 1.05 bits per heavy atom. The van der Waals surface area contributed by atoms with Crippen LogP contribution >= 0.6 is 15.9 Å². The number of nitrogens with zero attached hydrogens (tertiary/aromatic N) is 2. The first-order chi connectivity index (χ1) is 10.1. The summed E-state index contributed by atoms with van der Waals surface area (Å²) >= 11 is 3.65. The lowest BCUT2D eigenvalue weighted by atomic mass is 10.1. The second-order valence-electron chi connectivity index (χ2n) is 5.45. The van der Waals surface area contributed by atoms with Crippen molar-refractivity contribution in [1.82, 2.24) is 0 Å². The van der Waals surface area contributed by atoms with Gasteiger partial charge >= 0.3 is 0 Å². The number of hydrogen-bond acceptors (Lipinski definition) is 3. The molecule has 4 heteroatoms. The Morgan fingerprint density at radius 3 is 2.43 bits per heavy atom. The van der Waals surface area contributed by atoms with Gasteiger partial charge in [-0.05, 0) is 52.7 Å². The van der Waals surface area contributed by atoms with Gasteiger partial charge in [0.15, 0.2) is 0 Å². The summed E-state index contributed by atoms with van der Waals surface area (Å²) in [5, 5.41) is 9.70. The molecule has 2 aromatic carbocycles. The molecular formula is C17H19BrN2O. The monoisotopic (exact) mass is 346 g/mol. The topological polar surface area (TPSA) is 26.7 Å². The minimum Gasteiger partial charge on any atom is -0.389 e. The van der Waals surface area contributed by atoms with E-state index in [1.807, 2.05) is 12.1 Å². The number of hydrogen-bond donors (Lipinski definition) is 1. The highest BCUT2D eigenvalue weighted by Crippen LogP contribution is 2.40. The Hall–Kier alpha value is -1.52. The highest BCUT2D eigenvalue weighted by Gasteiger charge is 2.22. The highest BCUT2D eigenvalue weighted by molar-refractivity contribution is 9.10. The van der Waals surface area contributed by atoms with E-state index in [1.165, 1.54) is 11.4 Å².